The van der Waals surface area contributed by atoms with Gasteiger partial charge >= 0.3 is 0 Å². The first-order valence-corrected chi connectivity index (χ1v) is 12.7. The molecule has 1 saturated heterocycles. The average molecular weight is 426 g/mol. The van der Waals surface area contributed by atoms with Gasteiger partial charge in [0.2, 0.25) is 15.9 Å². The Morgan fingerprint density at radius 1 is 1.17 bits per heavy atom. The second kappa shape index (κ2) is 9.65. The molecule has 1 amide bonds. The van der Waals surface area contributed by atoms with Gasteiger partial charge in [0, 0.05) is 30.5 Å². The molecule has 2 N–H and O–H groups in total. The molecule has 2 aliphatic heterocycles. The summed E-state index contributed by atoms with van der Waals surface area (Å²) in [6.45, 7) is 11.2. The van der Waals surface area contributed by atoms with Crippen molar-refractivity contribution in [1.82, 2.24) is 14.9 Å². The van der Waals surface area contributed by atoms with E-state index in [0.29, 0.717) is 32.4 Å². The highest BCUT2D eigenvalue weighted by atomic mass is 32.2. The molecule has 166 valence electrons. The van der Waals surface area contributed by atoms with Crippen molar-refractivity contribution in [1.29, 1.82) is 0 Å². The Morgan fingerprint density at radius 3 is 2.28 bits per heavy atom. The molecule has 2 rings (SSSR count). The summed E-state index contributed by atoms with van der Waals surface area (Å²) in [4.78, 5) is 12.8. The van der Waals surface area contributed by atoms with E-state index < -0.39 is 10.0 Å². The van der Waals surface area contributed by atoms with Crippen molar-refractivity contribution >= 4 is 15.9 Å². The molecule has 0 aromatic heterocycles. The number of nitrogens with one attached hydrogen (secondary N) is 2. The molecule has 1 unspecified atom stereocenters. The minimum absolute atomic E-state index is 0.0158. The number of rotatable bonds is 9. The Kier molecular flexibility index (Phi) is 7.96. The number of allylic oxidation sites excluding steroid dienone is 2. The van der Waals surface area contributed by atoms with E-state index in [1.807, 2.05) is 39.1 Å². The number of piperidine rings is 1. The molecule has 0 radical (unpaired) electrons. The Hall–Kier alpha value is -1.34. The summed E-state index contributed by atoms with van der Waals surface area (Å²) < 4.78 is 26.8. The van der Waals surface area contributed by atoms with Gasteiger partial charge in [0.15, 0.2) is 0 Å². The zero-order valence-electron chi connectivity index (χ0n) is 18.7. The van der Waals surface area contributed by atoms with Crippen LogP contribution >= 0.6 is 0 Å². The molecule has 0 saturated carbocycles. The third-order valence-corrected chi connectivity index (χ3v) is 9.14. The Labute approximate surface area is 177 Å². The molecule has 2 aliphatic rings. The van der Waals surface area contributed by atoms with Crippen LogP contribution in [0.25, 0.3) is 0 Å². The molecular formula is C22H39N3O3S. The maximum absolute atomic E-state index is 12.8. The second-order valence-electron chi connectivity index (χ2n) is 8.68. The Bertz CT molecular complexity index is 720. The van der Waals surface area contributed by atoms with Gasteiger partial charge in [0.25, 0.3) is 0 Å². The summed E-state index contributed by atoms with van der Waals surface area (Å²) in [6.07, 6.45) is 11.8. The molecule has 2 atom stereocenters. The van der Waals surface area contributed by atoms with Crippen molar-refractivity contribution in [3.63, 3.8) is 0 Å². The predicted molar refractivity (Wildman–Crippen MR) is 119 cm³/mol. The highest BCUT2D eigenvalue weighted by Crippen LogP contribution is 2.46. The number of dihydropyridines is 1. The van der Waals surface area contributed by atoms with Gasteiger partial charge in [-0.15, -0.1) is 0 Å². The zero-order valence-corrected chi connectivity index (χ0v) is 19.5. The van der Waals surface area contributed by atoms with Crippen molar-refractivity contribution in [2.24, 2.45) is 11.3 Å². The van der Waals surface area contributed by atoms with Crippen LogP contribution in [0.3, 0.4) is 0 Å². The van der Waals surface area contributed by atoms with Crippen LogP contribution < -0.4 is 10.6 Å². The first-order valence-electron chi connectivity index (χ1n) is 11.1. The molecule has 0 aromatic rings. The van der Waals surface area contributed by atoms with Gasteiger partial charge in [-0.2, -0.15) is 0 Å². The SMILES string of the molecule is CCCS(=O)(=O)N1CCC([C@H](C)NC(=O)C(CC)CC)(C2(C)C=CC=CN2)CC1. The topological polar surface area (TPSA) is 78.5 Å². The normalized spacial score (nSPS) is 25.6. The van der Waals surface area contributed by atoms with Crippen molar-refractivity contribution in [3.05, 3.63) is 24.4 Å². The van der Waals surface area contributed by atoms with Crippen LogP contribution in [-0.2, 0) is 14.8 Å². The van der Waals surface area contributed by atoms with Crippen molar-refractivity contribution in [3.8, 4) is 0 Å². The van der Waals surface area contributed by atoms with Crippen LogP contribution in [0.4, 0.5) is 0 Å². The fourth-order valence-corrected chi connectivity index (χ4v) is 6.48. The van der Waals surface area contributed by atoms with Crippen LogP contribution in [0.5, 0.6) is 0 Å². The van der Waals surface area contributed by atoms with Crippen LogP contribution in [0, 0.1) is 11.3 Å². The minimum Gasteiger partial charge on any atom is -0.382 e. The van der Waals surface area contributed by atoms with Crippen molar-refractivity contribution in [2.45, 2.75) is 78.3 Å². The first kappa shape index (κ1) is 23.9. The van der Waals surface area contributed by atoms with Crippen LogP contribution in [0.1, 0.15) is 66.7 Å². The highest BCUT2D eigenvalue weighted by molar-refractivity contribution is 7.89. The summed E-state index contributed by atoms with van der Waals surface area (Å²) >= 11 is 0. The fourth-order valence-electron chi connectivity index (χ4n) is 4.96. The molecule has 6 nitrogen and oxygen atoms in total. The average Bonchev–Trinajstić information content (AvgIpc) is 2.69. The molecule has 7 heteroatoms. The summed E-state index contributed by atoms with van der Waals surface area (Å²) in [5, 5.41) is 6.80. The molecule has 29 heavy (non-hydrogen) atoms. The molecule has 2 heterocycles. The first-order chi connectivity index (χ1) is 13.7. The van der Waals surface area contributed by atoms with Crippen LogP contribution in [0.15, 0.2) is 24.4 Å². The summed E-state index contributed by atoms with van der Waals surface area (Å²) in [6, 6.07) is -0.0831. The van der Waals surface area contributed by atoms with Gasteiger partial charge in [0.1, 0.15) is 0 Å². The van der Waals surface area contributed by atoms with E-state index in [-0.39, 0.29) is 34.6 Å². The molecule has 0 spiro atoms. The number of amides is 1. The molecular weight excluding hydrogens is 386 g/mol. The third kappa shape index (κ3) is 4.88. The number of carbonyl (C=O) groups excluding carboxylic acids is 1. The van der Waals surface area contributed by atoms with Gasteiger partial charge in [-0.3, -0.25) is 4.79 Å². The van der Waals surface area contributed by atoms with E-state index in [1.54, 1.807) is 4.31 Å². The fraction of sp³-hybridized carbons (Fsp3) is 0.773. The summed E-state index contributed by atoms with van der Waals surface area (Å²) in [5.41, 5.74) is -0.642. The quantitative estimate of drug-likeness (QED) is 0.595. The van der Waals surface area contributed by atoms with Crippen LogP contribution in [0.2, 0.25) is 0 Å². The van der Waals surface area contributed by atoms with E-state index in [1.165, 1.54) is 0 Å². The lowest BCUT2D eigenvalue weighted by Gasteiger charge is -2.55. The van der Waals surface area contributed by atoms with Gasteiger partial charge in [-0.25, -0.2) is 12.7 Å². The Balaban J connectivity index is 2.29. The maximum Gasteiger partial charge on any atom is 0.223 e. The standard InChI is InChI=1S/C22H39N3O3S/c1-6-17-29(27,28)25-15-12-22(13-16-25,21(5)11-9-10-14-23-21)18(4)24-20(26)19(7-2)8-3/h9-11,14,18-19,23H,6-8,12-13,15-17H2,1-5H3,(H,24,26)/t18-,21?/m0/s1. The zero-order chi connectivity index (χ0) is 21.7. The van der Waals surface area contributed by atoms with E-state index in [0.717, 1.165) is 12.8 Å². The lowest BCUT2D eigenvalue weighted by atomic mass is 9.60. The van der Waals surface area contributed by atoms with Crippen LogP contribution in [-0.4, -0.2) is 49.1 Å². The van der Waals surface area contributed by atoms with E-state index in [4.69, 9.17) is 0 Å². The molecule has 0 aliphatic carbocycles. The summed E-state index contributed by atoms with van der Waals surface area (Å²) in [5.74, 6) is 0.308. The lowest BCUT2D eigenvalue weighted by Crippen LogP contribution is -2.66. The second-order valence-corrected chi connectivity index (χ2v) is 10.8. The van der Waals surface area contributed by atoms with E-state index >= 15 is 0 Å². The largest absolute Gasteiger partial charge is 0.382 e. The smallest absolute Gasteiger partial charge is 0.223 e. The van der Waals surface area contributed by atoms with Gasteiger partial charge in [-0.1, -0.05) is 32.9 Å². The third-order valence-electron chi connectivity index (χ3n) is 7.07. The molecule has 0 aromatic carbocycles. The lowest BCUT2D eigenvalue weighted by molar-refractivity contribution is -0.127. The van der Waals surface area contributed by atoms with E-state index in [9.17, 15) is 13.2 Å². The highest BCUT2D eigenvalue weighted by Gasteiger charge is 2.53. The number of nitrogens with zero attached hydrogens (tertiary/aromatic N) is 1. The maximum atomic E-state index is 12.8. The van der Waals surface area contributed by atoms with Gasteiger partial charge in [0.05, 0.1) is 11.3 Å². The monoisotopic (exact) mass is 425 g/mol. The van der Waals surface area contributed by atoms with Gasteiger partial charge in [-0.05, 0) is 58.2 Å². The molecule has 1 fully saturated rings. The van der Waals surface area contributed by atoms with Crippen molar-refractivity contribution < 1.29 is 13.2 Å². The number of hydrogen-bond donors (Lipinski definition) is 2. The predicted octanol–water partition coefficient (Wildman–Crippen LogP) is 3.18. The Morgan fingerprint density at radius 2 is 1.79 bits per heavy atom. The van der Waals surface area contributed by atoms with E-state index in [2.05, 4.69) is 30.6 Å². The number of carbonyl (C=O) groups is 1. The van der Waals surface area contributed by atoms with Crippen molar-refractivity contribution in [2.75, 3.05) is 18.8 Å². The number of sulfonamides is 1. The molecule has 0 bridgehead atoms. The van der Waals surface area contributed by atoms with Gasteiger partial charge < -0.3 is 10.6 Å². The minimum atomic E-state index is -3.21. The summed E-state index contributed by atoms with van der Waals surface area (Å²) in [7, 11) is -3.21. The number of hydrogen-bond acceptors (Lipinski definition) is 4.